The van der Waals surface area contributed by atoms with Gasteiger partial charge in [0.25, 0.3) is 0 Å². The number of carbonyl (C=O) groups is 2. The summed E-state index contributed by atoms with van der Waals surface area (Å²) >= 11 is 0. The van der Waals surface area contributed by atoms with Crippen LogP contribution in [0.3, 0.4) is 0 Å². The van der Waals surface area contributed by atoms with Crippen molar-refractivity contribution in [2.24, 2.45) is 5.92 Å². The smallest absolute Gasteiger partial charge is 0.243 e. The van der Waals surface area contributed by atoms with Crippen molar-refractivity contribution in [2.45, 2.75) is 52.6 Å². The summed E-state index contributed by atoms with van der Waals surface area (Å²) in [4.78, 5) is 29.2. The Kier molecular flexibility index (Phi) is 12.0. The minimum atomic E-state index is -3.56. The second-order valence-corrected chi connectivity index (χ2v) is 12.9. The molecule has 3 aromatic rings. The van der Waals surface area contributed by atoms with Crippen molar-refractivity contribution >= 4 is 27.5 Å². The Morgan fingerprint density at radius 1 is 0.929 bits per heavy atom. The van der Waals surface area contributed by atoms with Gasteiger partial charge in [-0.1, -0.05) is 74.0 Å². The average molecular weight is 594 g/mol. The summed E-state index contributed by atoms with van der Waals surface area (Å²) in [6.07, 6.45) is 1.88. The molecule has 0 heterocycles. The van der Waals surface area contributed by atoms with E-state index in [1.165, 1.54) is 10.6 Å². The monoisotopic (exact) mass is 593 g/mol. The number of aryl methyl sites for hydroxylation is 1. The fraction of sp³-hybridized carbons (Fsp3) is 0.394. The van der Waals surface area contributed by atoms with E-state index in [-0.39, 0.29) is 37.2 Å². The Morgan fingerprint density at radius 3 is 2.21 bits per heavy atom. The minimum Gasteiger partial charge on any atom is -0.497 e. The number of ether oxygens (including phenoxy) is 1. The van der Waals surface area contributed by atoms with Gasteiger partial charge in [0, 0.05) is 32.5 Å². The van der Waals surface area contributed by atoms with E-state index in [1.54, 1.807) is 24.1 Å². The summed E-state index contributed by atoms with van der Waals surface area (Å²) in [6.45, 7) is 6.82. The summed E-state index contributed by atoms with van der Waals surface area (Å²) in [5, 5.41) is 3.02. The number of anilines is 1. The Morgan fingerprint density at radius 2 is 1.60 bits per heavy atom. The zero-order chi connectivity index (χ0) is 30.7. The Balaban J connectivity index is 1.89. The van der Waals surface area contributed by atoms with Gasteiger partial charge in [-0.05, 0) is 54.7 Å². The predicted molar refractivity (Wildman–Crippen MR) is 168 cm³/mol. The van der Waals surface area contributed by atoms with Crippen molar-refractivity contribution < 1.29 is 22.7 Å². The van der Waals surface area contributed by atoms with Crippen LogP contribution in [0.5, 0.6) is 5.75 Å². The molecule has 3 aromatic carbocycles. The lowest BCUT2D eigenvalue weighted by Crippen LogP contribution is -2.51. The number of rotatable bonds is 15. The number of carbonyl (C=O) groups excluding carboxylic acids is 2. The van der Waals surface area contributed by atoms with Gasteiger partial charge in [0.2, 0.25) is 21.8 Å². The first-order valence-electron chi connectivity index (χ1n) is 14.3. The van der Waals surface area contributed by atoms with Gasteiger partial charge in [0.05, 0.1) is 19.1 Å². The molecule has 8 nitrogen and oxygen atoms in total. The Bertz CT molecular complexity index is 1410. The minimum absolute atomic E-state index is 0.0740. The highest BCUT2D eigenvalue weighted by molar-refractivity contribution is 7.92. The maximum Gasteiger partial charge on any atom is 0.243 e. The molecule has 0 aliphatic carbocycles. The van der Waals surface area contributed by atoms with Gasteiger partial charge in [0.15, 0.2) is 0 Å². The molecule has 1 atom stereocenters. The van der Waals surface area contributed by atoms with E-state index in [9.17, 15) is 18.0 Å². The zero-order valence-corrected chi connectivity index (χ0v) is 26.1. The van der Waals surface area contributed by atoms with Gasteiger partial charge in [-0.3, -0.25) is 13.9 Å². The van der Waals surface area contributed by atoms with E-state index >= 15 is 0 Å². The van der Waals surface area contributed by atoms with Gasteiger partial charge < -0.3 is 15.0 Å². The Hall–Kier alpha value is -3.85. The zero-order valence-electron chi connectivity index (χ0n) is 25.2. The van der Waals surface area contributed by atoms with Gasteiger partial charge in [-0.15, -0.1) is 0 Å². The van der Waals surface area contributed by atoms with E-state index in [2.05, 4.69) is 5.32 Å². The SMILES string of the molecule is COc1cccc(CN(C(=O)CCCN(c2ccc(C)cc2)S(C)(=O)=O)C(Cc2ccccc2)C(=O)NCC(C)C)c1. The lowest BCUT2D eigenvalue weighted by molar-refractivity contribution is -0.141. The van der Waals surface area contributed by atoms with Gasteiger partial charge in [-0.2, -0.15) is 0 Å². The van der Waals surface area contributed by atoms with Crippen molar-refractivity contribution in [3.63, 3.8) is 0 Å². The van der Waals surface area contributed by atoms with Crippen LogP contribution in [0.25, 0.3) is 0 Å². The van der Waals surface area contributed by atoms with Crippen molar-refractivity contribution in [1.29, 1.82) is 0 Å². The molecular weight excluding hydrogens is 550 g/mol. The Labute approximate surface area is 250 Å². The highest BCUT2D eigenvalue weighted by atomic mass is 32.2. The molecule has 0 saturated heterocycles. The molecule has 2 amide bonds. The number of hydrogen-bond acceptors (Lipinski definition) is 5. The third-order valence-electron chi connectivity index (χ3n) is 6.92. The van der Waals surface area contributed by atoms with E-state index in [1.807, 2.05) is 87.5 Å². The van der Waals surface area contributed by atoms with Crippen molar-refractivity contribution in [1.82, 2.24) is 10.2 Å². The third-order valence-corrected chi connectivity index (χ3v) is 8.11. The lowest BCUT2D eigenvalue weighted by Gasteiger charge is -2.32. The number of benzene rings is 3. The summed E-state index contributed by atoms with van der Waals surface area (Å²) in [5.74, 6) is 0.459. The molecule has 0 fully saturated rings. The lowest BCUT2D eigenvalue weighted by atomic mass is 10.0. The van der Waals surface area contributed by atoms with Crippen LogP contribution in [0.15, 0.2) is 78.9 Å². The standard InChI is InChI=1S/C33H43N3O5S/c1-25(2)23-34-33(38)31(22-27-11-7-6-8-12-27)35(24-28-13-9-14-30(21-28)41-4)32(37)15-10-20-36(42(5,39)40)29-18-16-26(3)17-19-29/h6-9,11-14,16-19,21,25,31H,10,15,20,22-24H2,1-5H3,(H,34,38). The van der Waals surface area contributed by atoms with Crippen molar-refractivity contribution in [2.75, 3.05) is 30.8 Å². The molecule has 3 rings (SSSR count). The molecule has 0 saturated carbocycles. The van der Waals surface area contributed by atoms with Gasteiger partial charge in [-0.25, -0.2) is 8.42 Å². The van der Waals surface area contributed by atoms with Crippen molar-refractivity contribution in [3.8, 4) is 5.75 Å². The maximum atomic E-state index is 13.9. The molecule has 0 aliphatic heterocycles. The number of sulfonamides is 1. The van der Waals surface area contributed by atoms with E-state index in [4.69, 9.17) is 4.74 Å². The summed E-state index contributed by atoms with van der Waals surface area (Å²) in [6, 6.07) is 23.6. The van der Waals surface area contributed by atoms with Gasteiger partial charge in [0.1, 0.15) is 11.8 Å². The molecular formula is C33H43N3O5S. The number of nitrogens with zero attached hydrogens (tertiary/aromatic N) is 2. The molecule has 1 unspecified atom stereocenters. The van der Waals surface area contributed by atoms with Crippen LogP contribution in [0.1, 0.15) is 43.4 Å². The first-order valence-corrected chi connectivity index (χ1v) is 16.1. The summed E-state index contributed by atoms with van der Waals surface area (Å²) in [7, 11) is -1.98. The number of methoxy groups -OCH3 is 1. The van der Waals surface area contributed by atoms with Crippen LogP contribution in [-0.4, -0.2) is 57.6 Å². The van der Waals surface area contributed by atoms with Gasteiger partial charge >= 0.3 is 0 Å². The van der Waals surface area contributed by atoms with Crippen LogP contribution in [-0.2, 0) is 32.6 Å². The number of nitrogens with one attached hydrogen (secondary N) is 1. The van der Waals surface area contributed by atoms with E-state index in [0.717, 1.165) is 16.7 Å². The highest BCUT2D eigenvalue weighted by Crippen LogP contribution is 2.22. The van der Waals surface area contributed by atoms with Crippen LogP contribution >= 0.6 is 0 Å². The molecule has 0 aliphatic rings. The summed E-state index contributed by atoms with van der Waals surface area (Å²) in [5.41, 5.74) is 3.35. The highest BCUT2D eigenvalue weighted by Gasteiger charge is 2.30. The third kappa shape index (κ3) is 9.91. The molecule has 226 valence electrons. The second-order valence-electron chi connectivity index (χ2n) is 11.0. The fourth-order valence-corrected chi connectivity index (χ4v) is 5.62. The van der Waals surface area contributed by atoms with Crippen LogP contribution in [0.2, 0.25) is 0 Å². The fourth-order valence-electron chi connectivity index (χ4n) is 4.66. The number of amides is 2. The largest absolute Gasteiger partial charge is 0.497 e. The molecule has 0 aromatic heterocycles. The first-order chi connectivity index (χ1) is 20.0. The molecule has 0 bridgehead atoms. The van der Waals surface area contributed by atoms with E-state index in [0.29, 0.717) is 30.8 Å². The van der Waals surface area contributed by atoms with Crippen LogP contribution in [0.4, 0.5) is 5.69 Å². The first kappa shape index (κ1) is 32.7. The van der Waals surface area contributed by atoms with Crippen molar-refractivity contribution in [3.05, 3.63) is 95.6 Å². The van der Waals surface area contributed by atoms with Crippen LogP contribution < -0.4 is 14.4 Å². The normalized spacial score (nSPS) is 12.0. The molecule has 0 spiro atoms. The summed E-state index contributed by atoms with van der Waals surface area (Å²) < 4.78 is 32.0. The molecule has 9 heteroatoms. The quantitative estimate of drug-likeness (QED) is 0.269. The molecule has 42 heavy (non-hydrogen) atoms. The molecule has 1 N–H and O–H groups in total. The molecule has 0 radical (unpaired) electrons. The predicted octanol–water partition coefficient (Wildman–Crippen LogP) is 4.96. The average Bonchev–Trinajstić information content (AvgIpc) is 2.96. The topological polar surface area (TPSA) is 96.0 Å². The number of hydrogen-bond donors (Lipinski definition) is 1. The maximum absolute atomic E-state index is 13.9. The van der Waals surface area contributed by atoms with Crippen LogP contribution in [0, 0.1) is 12.8 Å². The second kappa shape index (κ2) is 15.4. The van der Waals surface area contributed by atoms with E-state index < -0.39 is 16.1 Å².